The normalized spacial score (nSPS) is 18.2. The Labute approximate surface area is 89.7 Å². The molecule has 0 bridgehead atoms. The molecule has 0 unspecified atom stereocenters. The number of hydrogen-bond donors (Lipinski definition) is 0. The average molecular weight is 227 g/mol. The van der Waals surface area contributed by atoms with Gasteiger partial charge in [-0.05, 0) is 22.2 Å². The van der Waals surface area contributed by atoms with Crippen molar-refractivity contribution < 1.29 is 0 Å². The van der Waals surface area contributed by atoms with E-state index in [2.05, 4.69) is 25.7 Å². The first-order valence-corrected chi connectivity index (χ1v) is 5.85. The monoisotopic (exact) mass is 227 g/mol. The van der Waals surface area contributed by atoms with Crippen LogP contribution in [0.15, 0.2) is 36.6 Å². The highest BCUT2D eigenvalue weighted by Gasteiger charge is 2.39. The van der Waals surface area contributed by atoms with E-state index in [9.17, 15) is 0 Å². The Morgan fingerprint density at radius 2 is 2.07 bits per heavy atom. The molecule has 0 amide bonds. The van der Waals surface area contributed by atoms with Crippen LogP contribution >= 0.6 is 23.1 Å². The number of rotatable bonds is 3. The van der Waals surface area contributed by atoms with Crippen LogP contribution < -0.4 is 0 Å². The minimum atomic E-state index is -0.599. The second-order valence-electron chi connectivity index (χ2n) is 3.09. The fraction of sp³-hybridized carbons (Fsp3) is 0.571. The first-order valence-electron chi connectivity index (χ1n) is 4.15. The number of hydrogen-bond acceptors (Lipinski definition) is 7. The molecule has 0 radical (unpaired) electrons. The van der Waals surface area contributed by atoms with Crippen LogP contribution in [0.1, 0.15) is 13.8 Å². The number of thioether (sulfide) groups is 1. The number of aromatic nitrogens is 1. The van der Waals surface area contributed by atoms with Crippen LogP contribution in [0.25, 0.3) is 0 Å². The van der Waals surface area contributed by atoms with E-state index in [0.717, 1.165) is 4.34 Å². The zero-order chi connectivity index (χ0) is 10.0. The molecule has 5 nitrogen and oxygen atoms in total. The molecule has 74 valence electrons. The predicted molar refractivity (Wildman–Crippen MR) is 55.3 cm³/mol. The summed E-state index contributed by atoms with van der Waals surface area (Å²) in [5.74, 6) is 0.242. The van der Waals surface area contributed by atoms with Gasteiger partial charge in [-0.25, -0.2) is 4.98 Å². The van der Waals surface area contributed by atoms with Crippen LogP contribution in [0.4, 0.5) is 0 Å². The van der Waals surface area contributed by atoms with Gasteiger partial charge in [-0.3, -0.25) is 0 Å². The zero-order valence-electron chi connectivity index (χ0n) is 7.78. The molecule has 1 aromatic heterocycles. The lowest BCUT2D eigenvalue weighted by Gasteiger charge is -2.21. The van der Waals surface area contributed by atoms with Crippen molar-refractivity contribution in [2.75, 3.05) is 0 Å². The molecular weight excluding hydrogens is 218 g/mol. The van der Waals surface area contributed by atoms with Gasteiger partial charge in [0.25, 0.3) is 0 Å². The van der Waals surface area contributed by atoms with Crippen LogP contribution in [0.2, 0.25) is 0 Å². The highest BCUT2D eigenvalue weighted by molar-refractivity contribution is 8.02. The second-order valence-corrected chi connectivity index (χ2v) is 5.44. The molecule has 0 saturated heterocycles. The lowest BCUT2D eigenvalue weighted by Crippen LogP contribution is -2.23. The minimum Gasteiger partial charge on any atom is -0.238 e. The summed E-state index contributed by atoms with van der Waals surface area (Å²) in [5, 5.41) is 17.2. The van der Waals surface area contributed by atoms with Crippen LogP contribution in [-0.2, 0) is 0 Å². The molecule has 0 atom stereocenters. The molecule has 7 heteroatoms. The third kappa shape index (κ3) is 1.69. The molecule has 0 spiro atoms. The molecule has 0 fully saturated rings. The highest BCUT2D eigenvalue weighted by Crippen LogP contribution is 2.44. The van der Waals surface area contributed by atoms with Gasteiger partial charge in [0.1, 0.15) is 0 Å². The third-order valence-corrected chi connectivity index (χ3v) is 4.13. The Hall–Kier alpha value is -0.820. The van der Waals surface area contributed by atoms with E-state index in [4.69, 9.17) is 0 Å². The standard InChI is InChI=1S/C7H9N5S2/c1-5(2)7(9-11-12-10-7)14-6-8-3-4-13-6/h3-5H,1-2H3. The van der Waals surface area contributed by atoms with Gasteiger partial charge in [0.05, 0.1) is 0 Å². The van der Waals surface area contributed by atoms with E-state index in [1.807, 2.05) is 19.2 Å². The van der Waals surface area contributed by atoms with Crippen molar-refractivity contribution in [3.05, 3.63) is 11.6 Å². The summed E-state index contributed by atoms with van der Waals surface area (Å²) < 4.78 is 0.943. The Morgan fingerprint density at radius 1 is 1.36 bits per heavy atom. The topological polar surface area (TPSA) is 62.3 Å². The first-order chi connectivity index (χ1) is 6.73. The molecule has 2 rings (SSSR count). The summed E-state index contributed by atoms with van der Waals surface area (Å²) in [5.41, 5.74) is 0. The summed E-state index contributed by atoms with van der Waals surface area (Å²) in [6.07, 6.45) is 1.77. The summed E-state index contributed by atoms with van der Waals surface area (Å²) in [6.45, 7) is 4.09. The largest absolute Gasteiger partial charge is 0.249 e. The molecule has 1 aliphatic heterocycles. The Balaban J connectivity index is 2.21. The van der Waals surface area contributed by atoms with Crippen molar-refractivity contribution in [3.63, 3.8) is 0 Å². The Kier molecular flexibility index (Phi) is 2.60. The lowest BCUT2D eigenvalue weighted by molar-refractivity contribution is 0.461. The molecule has 1 aliphatic rings. The molecule has 0 aliphatic carbocycles. The van der Waals surface area contributed by atoms with Crippen molar-refractivity contribution >= 4 is 23.1 Å². The van der Waals surface area contributed by atoms with E-state index in [1.54, 1.807) is 17.5 Å². The second kappa shape index (κ2) is 3.74. The Bertz CT molecular complexity index is 344. The summed E-state index contributed by atoms with van der Waals surface area (Å²) in [4.78, 5) is 3.59. The van der Waals surface area contributed by atoms with Crippen LogP contribution in [0.3, 0.4) is 0 Å². The third-order valence-electron chi connectivity index (χ3n) is 1.82. The van der Waals surface area contributed by atoms with Gasteiger partial charge in [0, 0.05) is 17.5 Å². The van der Waals surface area contributed by atoms with Crippen molar-refractivity contribution in [3.8, 4) is 0 Å². The van der Waals surface area contributed by atoms with Crippen molar-refractivity contribution in [1.82, 2.24) is 4.98 Å². The minimum absolute atomic E-state index is 0.242. The van der Waals surface area contributed by atoms with Crippen LogP contribution in [0.5, 0.6) is 0 Å². The molecular formula is C7H9N5S2. The molecule has 0 saturated carbocycles. The van der Waals surface area contributed by atoms with E-state index >= 15 is 0 Å². The van der Waals surface area contributed by atoms with Crippen LogP contribution in [-0.4, -0.2) is 9.98 Å². The first kappa shape index (κ1) is 9.72. The maximum atomic E-state index is 4.19. The van der Waals surface area contributed by atoms with Gasteiger partial charge in [-0.1, -0.05) is 13.8 Å². The van der Waals surface area contributed by atoms with E-state index in [-0.39, 0.29) is 5.92 Å². The van der Waals surface area contributed by atoms with Crippen LogP contribution in [0, 0.1) is 5.92 Å². The van der Waals surface area contributed by atoms with Crippen molar-refractivity contribution in [1.29, 1.82) is 0 Å². The maximum absolute atomic E-state index is 4.19. The maximum Gasteiger partial charge on any atom is 0.249 e. The molecule has 0 aromatic carbocycles. The molecule has 0 N–H and O–H groups in total. The summed E-state index contributed by atoms with van der Waals surface area (Å²) in [7, 11) is 0. The predicted octanol–water partition coefficient (Wildman–Crippen LogP) is 3.38. The van der Waals surface area contributed by atoms with Gasteiger partial charge in [0.15, 0.2) is 4.34 Å². The van der Waals surface area contributed by atoms with E-state index < -0.39 is 4.99 Å². The summed E-state index contributed by atoms with van der Waals surface area (Å²) >= 11 is 3.07. The fourth-order valence-corrected chi connectivity index (χ4v) is 2.81. The van der Waals surface area contributed by atoms with Gasteiger partial charge >= 0.3 is 0 Å². The molecule has 14 heavy (non-hydrogen) atoms. The lowest BCUT2D eigenvalue weighted by atomic mass is 10.2. The fourth-order valence-electron chi connectivity index (χ4n) is 0.967. The molecule has 2 heterocycles. The van der Waals surface area contributed by atoms with Gasteiger partial charge in [-0.15, -0.1) is 21.6 Å². The SMILES string of the molecule is CC(C)C1(Sc2nccs2)N=NN=N1. The zero-order valence-corrected chi connectivity index (χ0v) is 9.42. The summed E-state index contributed by atoms with van der Waals surface area (Å²) in [6, 6.07) is 0. The number of thiazole rings is 1. The van der Waals surface area contributed by atoms with Crippen molar-refractivity contribution in [2.24, 2.45) is 26.6 Å². The quantitative estimate of drug-likeness (QED) is 0.794. The van der Waals surface area contributed by atoms with E-state index in [0.29, 0.717) is 0 Å². The Morgan fingerprint density at radius 3 is 2.57 bits per heavy atom. The van der Waals surface area contributed by atoms with Gasteiger partial charge in [-0.2, -0.15) is 0 Å². The van der Waals surface area contributed by atoms with Gasteiger partial charge in [0.2, 0.25) is 4.99 Å². The number of nitrogens with zero attached hydrogens (tertiary/aromatic N) is 5. The highest BCUT2D eigenvalue weighted by atomic mass is 32.2. The van der Waals surface area contributed by atoms with E-state index in [1.165, 1.54) is 11.8 Å². The van der Waals surface area contributed by atoms with Crippen molar-refractivity contribution in [2.45, 2.75) is 23.2 Å². The smallest absolute Gasteiger partial charge is 0.238 e. The molecule has 1 aromatic rings. The average Bonchev–Trinajstić information content (AvgIpc) is 2.76. The van der Waals surface area contributed by atoms with Gasteiger partial charge < -0.3 is 0 Å².